The Morgan fingerprint density at radius 2 is 2.27 bits per heavy atom. The Morgan fingerprint density at radius 3 is 3.00 bits per heavy atom. The van der Waals surface area contributed by atoms with Crippen LogP contribution in [-0.4, -0.2) is 31.6 Å². The number of nitrogens with one attached hydrogen (secondary N) is 1. The molecular formula is C17H17N7O2. The fourth-order valence-electron chi connectivity index (χ4n) is 2.41. The Morgan fingerprint density at radius 1 is 1.46 bits per heavy atom. The molecule has 26 heavy (non-hydrogen) atoms. The average Bonchev–Trinajstić information content (AvgIpc) is 2.91. The summed E-state index contributed by atoms with van der Waals surface area (Å²) in [6, 6.07) is 3.70. The zero-order valence-electron chi connectivity index (χ0n) is 14.3. The number of hydrogen-bond acceptors (Lipinski definition) is 7. The number of hydrogen-bond donors (Lipinski definition) is 2. The van der Waals surface area contributed by atoms with Crippen LogP contribution in [0.2, 0.25) is 0 Å². The first-order chi connectivity index (χ1) is 12.5. The van der Waals surface area contributed by atoms with Crippen molar-refractivity contribution in [2.24, 2.45) is 0 Å². The van der Waals surface area contributed by atoms with E-state index in [1.54, 1.807) is 18.5 Å². The summed E-state index contributed by atoms with van der Waals surface area (Å²) in [6.45, 7) is 3.77. The first-order valence-corrected chi connectivity index (χ1v) is 7.91. The molecule has 3 aromatic rings. The third kappa shape index (κ3) is 3.39. The average molecular weight is 351 g/mol. The maximum absolute atomic E-state index is 12.7. The number of carbonyl (C=O) groups excluding carboxylic acids is 1. The van der Waals surface area contributed by atoms with Gasteiger partial charge in [-0.3, -0.25) is 9.78 Å². The molecule has 3 N–H and O–H groups in total. The van der Waals surface area contributed by atoms with Crippen LogP contribution in [0.1, 0.15) is 29.8 Å². The van der Waals surface area contributed by atoms with E-state index in [0.717, 1.165) is 0 Å². The van der Waals surface area contributed by atoms with Crippen LogP contribution in [0.25, 0.3) is 5.65 Å². The minimum Gasteiger partial charge on any atom is -0.489 e. The Hall–Kier alpha value is -3.67. The predicted octanol–water partition coefficient (Wildman–Crippen LogP) is 1.81. The molecule has 3 rings (SSSR count). The van der Waals surface area contributed by atoms with E-state index in [1.165, 1.54) is 16.9 Å². The van der Waals surface area contributed by atoms with Gasteiger partial charge in [-0.05, 0) is 13.8 Å². The summed E-state index contributed by atoms with van der Waals surface area (Å²) in [7, 11) is 0. The minimum absolute atomic E-state index is 0.0410. The first-order valence-electron chi connectivity index (χ1n) is 7.91. The van der Waals surface area contributed by atoms with Crippen molar-refractivity contribution in [2.45, 2.75) is 26.4 Å². The van der Waals surface area contributed by atoms with E-state index in [0.29, 0.717) is 22.6 Å². The number of ether oxygens (including phenoxy) is 1. The van der Waals surface area contributed by atoms with Gasteiger partial charge >= 0.3 is 0 Å². The predicted molar refractivity (Wildman–Crippen MR) is 94.7 cm³/mol. The van der Waals surface area contributed by atoms with Crippen molar-refractivity contribution in [1.29, 1.82) is 5.26 Å². The van der Waals surface area contributed by atoms with Crippen molar-refractivity contribution < 1.29 is 9.53 Å². The van der Waals surface area contributed by atoms with E-state index in [2.05, 4.69) is 20.4 Å². The Bertz CT molecular complexity index is 1000. The summed E-state index contributed by atoms with van der Waals surface area (Å²) in [5.41, 5.74) is 7.45. The van der Waals surface area contributed by atoms with Crippen LogP contribution < -0.4 is 15.8 Å². The standard InChI is InChI=1S/C17H17N7O2/c1-10(2)26-13-4-6-20-8-12(13)22-17(25)14-15(19)23-24-9-11(3-5-18)7-21-16(14)24/h4,6-10H,3H2,1-2H3,(H2,19,23)(H,22,25). The van der Waals surface area contributed by atoms with Crippen LogP contribution in [0.3, 0.4) is 0 Å². The molecule has 0 spiro atoms. The zero-order chi connectivity index (χ0) is 18.7. The molecule has 0 saturated carbocycles. The van der Waals surface area contributed by atoms with Crippen LogP contribution in [-0.2, 0) is 6.42 Å². The molecule has 0 unspecified atom stereocenters. The summed E-state index contributed by atoms with van der Waals surface area (Å²) in [5, 5.41) is 15.6. The molecular weight excluding hydrogens is 334 g/mol. The highest BCUT2D eigenvalue weighted by Gasteiger charge is 2.21. The number of amides is 1. The topological polar surface area (TPSA) is 131 Å². The molecule has 0 aliphatic carbocycles. The molecule has 9 nitrogen and oxygen atoms in total. The van der Waals surface area contributed by atoms with E-state index in [1.807, 2.05) is 19.9 Å². The normalized spacial score (nSPS) is 10.7. The van der Waals surface area contributed by atoms with E-state index in [4.69, 9.17) is 15.7 Å². The third-order valence-electron chi connectivity index (χ3n) is 3.46. The zero-order valence-corrected chi connectivity index (χ0v) is 14.3. The SMILES string of the molecule is CC(C)Oc1ccncc1NC(=O)c1c(N)nn2cc(CC#N)cnc12. The van der Waals surface area contributed by atoms with Gasteiger partial charge in [-0.25, -0.2) is 9.50 Å². The second kappa shape index (κ2) is 7.06. The minimum atomic E-state index is -0.473. The van der Waals surface area contributed by atoms with Crippen molar-refractivity contribution in [3.63, 3.8) is 0 Å². The summed E-state index contributed by atoms with van der Waals surface area (Å²) < 4.78 is 7.07. The molecule has 3 heterocycles. The highest BCUT2D eigenvalue weighted by Crippen LogP contribution is 2.26. The molecule has 0 saturated heterocycles. The van der Waals surface area contributed by atoms with Crippen LogP contribution in [0.5, 0.6) is 5.75 Å². The van der Waals surface area contributed by atoms with E-state index < -0.39 is 5.91 Å². The van der Waals surface area contributed by atoms with Gasteiger partial charge in [0, 0.05) is 30.2 Å². The summed E-state index contributed by atoms with van der Waals surface area (Å²) in [4.78, 5) is 21.0. The fraction of sp³-hybridized carbons (Fsp3) is 0.235. The lowest BCUT2D eigenvalue weighted by Crippen LogP contribution is -2.16. The number of pyridine rings is 1. The van der Waals surface area contributed by atoms with Crippen molar-refractivity contribution >= 4 is 23.1 Å². The molecule has 132 valence electrons. The highest BCUT2D eigenvalue weighted by atomic mass is 16.5. The Labute approximate surface area is 149 Å². The van der Waals surface area contributed by atoms with Gasteiger partial charge in [-0.15, -0.1) is 5.10 Å². The van der Waals surface area contributed by atoms with Gasteiger partial charge in [0.1, 0.15) is 17.0 Å². The van der Waals surface area contributed by atoms with Crippen molar-refractivity contribution in [3.8, 4) is 11.8 Å². The summed E-state index contributed by atoms with van der Waals surface area (Å²) in [6.07, 6.45) is 6.35. The third-order valence-corrected chi connectivity index (χ3v) is 3.46. The van der Waals surface area contributed by atoms with Crippen molar-refractivity contribution in [3.05, 3.63) is 42.0 Å². The molecule has 0 aromatic carbocycles. The molecule has 3 aromatic heterocycles. The highest BCUT2D eigenvalue weighted by molar-refractivity contribution is 6.11. The molecule has 9 heteroatoms. The number of aromatic nitrogens is 4. The molecule has 0 aliphatic heterocycles. The quantitative estimate of drug-likeness (QED) is 0.716. The fourth-order valence-corrected chi connectivity index (χ4v) is 2.41. The molecule has 0 bridgehead atoms. The molecule has 1 amide bonds. The Balaban J connectivity index is 1.94. The lowest BCUT2D eigenvalue weighted by molar-refractivity contribution is 0.102. The van der Waals surface area contributed by atoms with Gasteiger partial charge in [-0.1, -0.05) is 0 Å². The maximum atomic E-state index is 12.7. The van der Waals surface area contributed by atoms with Crippen molar-refractivity contribution in [1.82, 2.24) is 19.6 Å². The monoisotopic (exact) mass is 351 g/mol. The lowest BCUT2D eigenvalue weighted by Gasteiger charge is -2.14. The van der Waals surface area contributed by atoms with Crippen molar-refractivity contribution in [2.75, 3.05) is 11.1 Å². The van der Waals surface area contributed by atoms with E-state index >= 15 is 0 Å². The second-order valence-electron chi connectivity index (χ2n) is 5.82. The summed E-state index contributed by atoms with van der Waals surface area (Å²) >= 11 is 0. The smallest absolute Gasteiger partial charge is 0.263 e. The number of nitrogens with two attached hydrogens (primary N) is 1. The van der Waals surface area contributed by atoms with Gasteiger partial charge in [0.2, 0.25) is 0 Å². The van der Waals surface area contributed by atoms with E-state index in [-0.39, 0.29) is 23.9 Å². The molecule has 0 radical (unpaired) electrons. The van der Waals surface area contributed by atoms with Crippen LogP contribution in [0.15, 0.2) is 30.9 Å². The van der Waals surface area contributed by atoms with Gasteiger partial charge in [0.15, 0.2) is 11.5 Å². The number of nitriles is 1. The van der Waals surface area contributed by atoms with Crippen LogP contribution in [0.4, 0.5) is 11.5 Å². The molecule has 0 atom stereocenters. The number of fused-ring (bicyclic) bond motifs is 1. The number of carbonyl (C=O) groups is 1. The van der Waals surface area contributed by atoms with Gasteiger partial charge in [0.25, 0.3) is 5.91 Å². The van der Waals surface area contributed by atoms with E-state index in [9.17, 15) is 4.79 Å². The number of anilines is 2. The number of nitrogen functional groups attached to an aromatic ring is 1. The lowest BCUT2D eigenvalue weighted by atomic mass is 10.2. The largest absolute Gasteiger partial charge is 0.489 e. The molecule has 0 aliphatic rings. The van der Waals surface area contributed by atoms with Crippen LogP contribution >= 0.6 is 0 Å². The van der Waals surface area contributed by atoms with Gasteiger partial charge in [0.05, 0.1) is 24.8 Å². The second-order valence-corrected chi connectivity index (χ2v) is 5.82. The number of nitrogens with zero attached hydrogens (tertiary/aromatic N) is 5. The van der Waals surface area contributed by atoms with Gasteiger partial charge in [-0.2, -0.15) is 5.26 Å². The number of rotatable bonds is 5. The van der Waals surface area contributed by atoms with Crippen LogP contribution in [0, 0.1) is 11.3 Å². The Kier molecular flexibility index (Phi) is 4.66. The summed E-state index contributed by atoms with van der Waals surface area (Å²) in [5.74, 6) is 0.0710. The first kappa shape index (κ1) is 17.2. The van der Waals surface area contributed by atoms with Gasteiger partial charge < -0.3 is 15.8 Å². The maximum Gasteiger partial charge on any atom is 0.263 e. The molecule has 0 fully saturated rings.